The van der Waals surface area contributed by atoms with Crippen molar-refractivity contribution in [3.63, 3.8) is 0 Å². The van der Waals surface area contributed by atoms with E-state index in [9.17, 15) is 4.79 Å². The number of aryl methyl sites for hydroxylation is 1. The van der Waals surface area contributed by atoms with Gasteiger partial charge in [0, 0.05) is 6.07 Å². The van der Waals surface area contributed by atoms with Crippen molar-refractivity contribution in [2.75, 3.05) is 6.79 Å². The summed E-state index contributed by atoms with van der Waals surface area (Å²) in [6, 6.07) is 19.0. The van der Waals surface area contributed by atoms with E-state index >= 15 is 0 Å². The zero-order chi connectivity index (χ0) is 19.8. The van der Waals surface area contributed by atoms with Crippen molar-refractivity contribution >= 4 is 11.9 Å². The second kappa shape index (κ2) is 7.02. The van der Waals surface area contributed by atoms with Gasteiger partial charge < -0.3 is 18.9 Å². The third-order valence-corrected chi connectivity index (χ3v) is 4.86. The van der Waals surface area contributed by atoms with Gasteiger partial charge in [-0.05, 0) is 48.4 Å². The van der Waals surface area contributed by atoms with Crippen LogP contribution >= 0.6 is 0 Å². The van der Waals surface area contributed by atoms with Gasteiger partial charge in [-0.3, -0.25) is 4.79 Å². The average Bonchev–Trinajstić information content (AvgIpc) is 3.32. The van der Waals surface area contributed by atoms with Crippen LogP contribution in [0.3, 0.4) is 0 Å². The molecule has 3 aromatic carbocycles. The number of carbonyl (C=O) groups is 1. The Balaban J connectivity index is 1.33. The van der Waals surface area contributed by atoms with Crippen molar-refractivity contribution in [1.29, 1.82) is 0 Å². The Kier molecular flexibility index (Phi) is 4.21. The van der Waals surface area contributed by atoms with E-state index in [2.05, 4.69) is 12.1 Å². The van der Waals surface area contributed by atoms with E-state index in [-0.39, 0.29) is 18.3 Å². The number of allylic oxidation sites excluding steroid dienone is 1. The molecule has 0 unspecified atom stereocenters. The molecular weight excluding hydrogens is 368 g/mol. The van der Waals surface area contributed by atoms with Gasteiger partial charge in [-0.2, -0.15) is 0 Å². The molecule has 0 fully saturated rings. The molecule has 29 heavy (non-hydrogen) atoms. The molecule has 2 heterocycles. The molecule has 0 spiro atoms. The molecule has 0 bridgehead atoms. The van der Waals surface area contributed by atoms with Crippen molar-refractivity contribution < 1.29 is 23.7 Å². The lowest BCUT2D eigenvalue weighted by Crippen LogP contribution is -1.98. The molecule has 0 saturated heterocycles. The van der Waals surface area contributed by atoms with Crippen LogP contribution in [0.25, 0.3) is 6.08 Å². The predicted octanol–water partition coefficient (Wildman–Crippen LogP) is 4.92. The van der Waals surface area contributed by atoms with Crippen molar-refractivity contribution in [2.24, 2.45) is 0 Å². The summed E-state index contributed by atoms with van der Waals surface area (Å²) in [6.07, 6.45) is 1.71. The first-order valence-corrected chi connectivity index (χ1v) is 9.32. The Morgan fingerprint density at radius 1 is 0.931 bits per heavy atom. The summed E-state index contributed by atoms with van der Waals surface area (Å²) in [6.45, 7) is 2.71. The fraction of sp³-hybridized carbons (Fsp3) is 0.125. The smallest absolute Gasteiger partial charge is 0.231 e. The molecule has 0 amide bonds. The maximum Gasteiger partial charge on any atom is 0.231 e. The molecule has 2 aliphatic heterocycles. The fourth-order valence-electron chi connectivity index (χ4n) is 3.26. The average molecular weight is 386 g/mol. The summed E-state index contributed by atoms with van der Waals surface area (Å²) in [7, 11) is 0. The number of fused-ring (bicyclic) bond motifs is 2. The number of hydrogen-bond acceptors (Lipinski definition) is 5. The lowest BCUT2D eigenvalue weighted by molar-refractivity contribution is 0.101. The van der Waals surface area contributed by atoms with Crippen LogP contribution in [0.4, 0.5) is 0 Å². The van der Waals surface area contributed by atoms with Gasteiger partial charge in [0.1, 0.15) is 18.1 Å². The molecule has 5 nitrogen and oxygen atoms in total. The Morgan fingerprint density at radius 3 is 2.62 bits per heavy atom. The van der Waals surface area contributed by atoms with Crippen LogP contribution in [0.5, 0.6) is 23.0 Å². The number of hydrogen-bond donors (Lipinski definition) is 0. The Hall–Kier alpha value is -3.73. The maximum absolute atomic E-state index is 12.7. The molecule has 0 aromatic heterocycles. The molecule has 0 N–H and O–H groups in total. The molecule has 0 saturated carbocycles. The summed E-state index contributed by atoms with van der Waals surface area (Å²) in [5, 5.41) is 0. The zero-order valence-corrected chi connectivity index (χ0v) is 15.8. The minimum atomic E-state index is -0.150. The lowest BCUT2D eigenvalue weighted by Gasteiger charge is -2.07. The van der Waals surface area contributed by atoms with Crippen molar-refractivity contribution in [3.8, 4) is 23.0 Å². The van der Waals surface area contributed by atoms with E-state index in [4.69, 9.17) is 18.9 Å². The largest absolute Gasteiger partial charge is 0.489 e. The fourth-order valence-corrected chi connectivity index (χ4v) is 3.26. The number of carbonyl (C=O) groups excluding carboxylic acids is 1. The number of benzene rings is 3. The van der Waals surface area contributed by atoms with Crippen LogP contribution in [0.1, 0.15) is 27.0 Å². The molecule has 5 rings (SSSR count). The Labute approximate surface area is 168 Å². The summed E-state index contributed by atoms with van der Waals surface area (Å²) in [5.74, 6) is 2.64. The van der Waals surface area contributed by atoms with Gasteiger partial charge in [0.05, 0.1) is 5.56 Å². The number of ether oxygens (including phenoxy) is 4. The SMILES string of the molecule is Cc1ccc(COc2ccc3c(c2)OC(=Cc2ccc4c(c2)OCO4)C3=O)cc1. The molecular formula is C24H18O5. The summed E-state index contributed by atoms with van der Waals surface area (Å²) < 4.78 is 22.4. The van der Waals surface area contributed by atoms with Crippen molar-refractivity contribution in [2.45, 2.75) is 13.5 Å². The summed E-state index contributed by atoms with van der Waals surface area (Å²) in [4.78, 5) is 12.7. The van der Waals surface area contributed by atoms with Gasteiger partial charge >= 0.3 is 0 Å². The monoisotopic (exact) mass is 386 g/mol. The van der Waals surface area contributed by atoms with E-state index < -0.39 is 0 Å². The first-order chi connectivity index (χ1) is 14.2. The molecule has 5 heteroatoms. The Bertz CT molecular complexity index is 1130. The van der Waals surface area contributed by atoms with Crippen LogP contribution in [0, 0.1) is 6.92 Å². The third kappa shape index (κ3) is 3.43. The maximum atomic E-state index is 12.7. The molecule has 2 aliphatic rings. The highest BCUT2D eigenvalue weighted by molar-refractivity contribution is 6.14. The van der Waals surface area contributed by atoms with Gasteiger partial charge in [-0.1, -0.05) is 35.9 Å². The predicted molar refractivity (Wildman–Crippen MR) is 107 cm³/mol. The Morgan fingerprint density at radius 2 is 1.76 bits per heavy atom. The summed E-state index contributed by atoms with van der Waals surface area (Å²) >= 11 is 0. The van der Waals surface area contributed by atoms with Crippen LogP contribution in [0.15, 0.2) is 66.4 Å². The highest BCUT2D eigenvalue weighted by Crippen LogP contribution is 2.37. The van der Waals surface area contributed by atoms with Crippen LogP contribution < -0.4 is 18.9 Å². The minimum Gasteiger partial charge on any atom is -0.489 e. The standard InChI is InChI=1S/C24H18O5/c1-15-2-4-16(5-3-15)13-26-18-7-8-19-21(12-18)29-23(24(19)25)11-17-6-9-20-22(10-17)28-14-27-20/h2-12H,13-14H2,1H3. The summed E-state index contributed by atoms with van der Waals surface area (Å²) in [5.41, 5.74) is 3.62. The highest BCUT2D eigenvalue weighted by atomic mass is 16.7. The van der Waals surface area contributed by atoms with E-state index in [0.29, 0.717) is 35.2 Å². The normalized spacial score (nSPS) is 15.3. The molecule has 0 radical (unpaired) electrons. The number of Topliss-reactive ketones (excluding diaryl/α,β-unsaturated/α-hetero) is 1. The molecule has 144 valence electrons. The topological polar surface area (TPSA) is 54.0 Å². The third-order valence-electron chi connectivity index (χ3n) is 4.86. The van der Waals surface area contributed by atoms with Crippen LogP contribution in [-0.2, 0) is 6.61 Å². The quantitative estimate of drug-likeness (QED) is 0.596. The minimum absolute atomic E-state index is 0.150. The molecule has 3 aromatic rings. The van der Waals surface area contributed by atoms with Gasteiger partial charge in [0.15, 0.2) is 17.3 Å². The van der Waals surface area contributed by atoms with Crippen LogP contribution in [-0.4, -0.2) is 12.6 Å². The molecule has 0 aliphatic carbocycles. The van der Waals surface area contributed by atoms with Gasteiger partial charge in [0.2, 0.25) is 12.6 Å². The van der Waals surface area contributed by atoms with Crippen molar-refractivity contribution in [3.05, 3.63) is 88.7 Å². The van der Waals surface area contributed by atoms with Crippen LogP contribution in [0.2, 0.25) is 0 Å². The van der Waals surface area contributed by atoms with E-state index in [1.54, 1.807) is 24.3 Å². The van der Waals surface area contributed by atoms with E-state index in [0.717, 1.165) is 11.1 Å². The van der Waals surface area contributed by atoms with Crippen molar-refractivity contribution in [1.82, 2.24) is 0 Å². The van der Waals surface area contributed by atoms with E-state index in [1.165, 1.54) is 5.56 Å². The van der Waals surface area contributed by atoms with Gasteiger partial charge in [-0.15, -0.1) is 0 Å². The first-order valence-electron chi connectivity index (χ1n) is 9.32. The first kappa shape index (κ1) is 17.4. The number of ketones is 1. The lowest BCUT2D eigenvalue weighted by atomic mass is 10.1. The second-order valence-corrected chi connectivity index (χ2v) is 6.98. The zero-order valence-electron chi connectivity index (χ0n) is 15.8. The number of rotatable bonds is 4. The van der Waals surface area contributed by atoms with Gasteiger partial charge in [-0.25, -0.2) is 0 Å². The molecule has 0 atom stereocenters. The van der Waals surface area contributed by atoms with Gasteiger partial charge in [0.25, 0.3) is 0 Å². The van der Waals surface area contributed by atoms with E-state index in [1.807, 2.05) is 37.3 Å². The second-order valence-electron chi connectivity index (χ2n) is 6.98. The highest BCUT2D eigenvalue weighted by Gasteiger charge is 2.28.